The van der Waals surface area contributed by atoms with E-state index >= 15 is 0 Å². The monoisotopic (exact) mass is 264 g/mol. The molecule has 0 aliphatic carbocycles. The third kappa shape index (κ3) is 3.77. The molecule has 1 aromatic rings. The van der Waals surface area contributed by atoms with Gasteiger partial charge in [0, 0.05) is 18.6 Å². The Bertz CT molecular complexity index is 407. The van der Waals surface area contributed by atoms with E-state index in [9.17, 15) is 4.39 Å². The number of hydrogen-bond donors (Lipinski definition) is 1. The van der Waals surface area contributed by atoms with Crippen molar-refractivity contribution in [3.8, 4) is 0 Å². The lowest BCUT2D eigenvalue weighted by atomic mass is 9.89. The molecule has 3 atom stereocenters. The van der Waals surface area contributed by atoms with Crippen molar-refractivity contribution in [1.29, 1.82) is 0 Å². The first-order valence-electron chi connectivity index (χ1n) is 7.34. The maximum Gasteiger partial charge on any atom is 0.123 e. The topological polar surface area (TPSA) is 29.3 Å². The molecular weight excluding hydrogens is 239 g/mol. The van der Waals surface area contributed by atoms with E-state index in [1.165, 1.54) is 6.07 Å². The van der Waals surface area contributed by atoms with Crippen LogP contribution in [0.5, 0.6) is 0 Å². The highest BCUT2D eigenvalue weighted by atomic mass is 19.1. The van der Waals surface area contributed by atoms with E-state index in [0.717, 1.165) is 37.9 Å². The fraction of sp³-hybridized carbons (Fsp3) is 0.625. The number of piperidine rings is 1. The average molecular weight is 264 g/mol. The molecule has 0 radical (unpaired) electrons. The minimum absolute atomic E-state index is 0.142. The first kappa shape index (κ1) is 14.5. The van der Waals surface area contributed by atoms with Gasteiger partial charge in [-0.25, -0.2) is 4.39 Å². The number of likely N-dealkylation sites (tertiary alicyclic amines) is 1. The Morgan fingerprint density at radius 1 is 1.47 bits per heavy atom. The molecule has 0 bridgehead atoms. The Balaban J connectivity index is 1.94. The second-order valence-corrected chi connectivity index (χ2v) is 5.80. The largest absolute Gasteiger partial charge is 0.327 e. The molecule has 2 N–H and O–H groups in total. The van der Waals surface area contributed by atoms with E-state index in [-0.39, 0.29) is 5.82 Å². The van der Waals surface area contributed by atoms with Crippen LogP contribution < -0.4 is 5.73 Å². The third-order valence-electron chi connectivity index (χ3n) is 4.39. The number of hydrogen-bond acceptors (Lipinski definition) is 2. The minimum Gasteiger partial charge on any atom is -0.327 e. The van der Waals surface area contributed by atoms with Crippen molar-refractivity contribution in [2.24, 2.45) is 11.7 Å². The standard InChI is InChI=1S/C16H25FN2/c1-3-14-11-19(8-7-16(14)18)12(2)9-13-5-4-6-15(17)10-13/h4-6,10,12,14,16H,3,7-9,11,18H2,1-2H3. The predicted octanol–water partition coefficient (Wildman–Crippen LogP) is 2.82. The van der Waals surface area contributed by atoms with E-state index < -0.39 is 0 Å². The molecule has 0 saturated carbocycles. The van der Waals surface area contributed by atoms with Gasteiger partial charge in [0.05, 0.1) is 0 Å². The molecule has 1 saturated heterocycles. The fourth-order valence-electron chi connectivity index (χ4n) is 3.04. The molecule has 19 heavy (non-hydrogen) atoms. The van der Waals surface area contributed by atoms with Gasteiger partial charge in [-0.2, -0.15) is 0 Å². The maximum absolute atomic E-state index is 13.2. The van der Waals surface area contributed by atoms with Gasteiger partial charge in [-0.15, -0.1) is 0 Å². The highest BCUT2D eigenvalue weighted by Gasteiger charge is 2.27. The van der Waals surface area contributed by atoms with Crippen molar-refractivity contribution in [2.45, 2.75) is 45.2 Å². The Morgan fingerprint density at radius 2 is 2.26 bits per heavy atom. The Morgan fingerprint density at radius 3 is 2.95 bits per heavy atom. The molecule has 106 valence electrons. The molecule has 0 amide bonds. The quantitative estimate of drug-likeness (QED) is 0.906. The van der Waals surface area contributed by atoms with Crippen molar-refractivity contribution < 1.29 is 4.39 Å². The highest BCUT2D eigenvalue weighted by Crippen LogP contribution is 2.21. The second-order valence-electron chi connectivity index (χ2n) is 5.80. The molecule has 2 rings (SSSR count). The van der Waals surface area contributed by atoms with Crippen molar-refractivity contribution in [3.63, 3.8) is 0 Å². The number of nitrogens with two attached hydrogens (primary N) is 1. The summed E-state index contributed by atoms with van der Waals surface area (Å²) in [5.41, 5.74) is 7.23. The zero-order valence-corrected chi connectivity index (χ0v) is 12.0. The predicted molar refractivity (Wildman–Crippen MR) is 77.5 cm³/mol. The highest BCUT2D eigenvalue weighted by molar-refractivity contribution is 5.17. The van der Waals surface area contributed by atoms with Gasteiger partial charge in [0.25, 0.3) is 0 Å². The summed E-state index contributed by atoms with van der Waals surface area (Å²) in [6, 6.07) is 7.74. The number of halogens is 1. The first-order valence-corrected chi connectivity index (χ1v) is 7.34. The van der Waals surface area contributed by atoms with Crippen LogP contribution in [0.1, 0.15) is 32.3 Å². The molecule has 3 heteroatoms. The van der Waals surface area contributed by atoms with Gasteiger partial charge in [-0.05, 0) is 49.9 Å². The number of benzene rings is 1. The normalized spacial score (nSPS) is 26.3. The van der Waals surface area contributed by atoms with Crippen LogP contribution in [0.15, 0.2) is 24.3 Å². The van der Waals surface area contributed by atoms with Gasteiger partial charge in [0.1, 0.15) is 5.82 Å². The molecule has 0 spiro atoms. The summed E-state index contributed by atoms with van der Waals surface area (Å²) in [5.74, 6) is 0.459. The molecule has 1 aliphatic rings. The van der Waals surface area contributed by atoms with Crippen LogP contribution in [0.2, 0.25) is 0 Å². The van der Waals surface area contributed by atoms with Crippen LogP contribution >= 0.6 is 0 Å². The summed E-state index contributed by atoms with van der Waals surface area (Å²) in [5, 5.41) is 0. The van der Waals surface area contributed by atoms with E-state index in [2.05, 4.69) is 18.7 Å². The molecule has 1 aromatic carbocycles. The Hall–Kier alpha value is -0.930. The number of rotatable bonds is 4. The SMILES string of the molecule is CCC1CN(C(C)Cc2cccc(F)c2)CCC1N. The lowest BCUT2D eigenvalue weighted by molar-refractivity contribution is 0.114. The van der Waals surface area contributed by atoms with Gasteiger partial charge in [-0.1, -0.05) is 25.5 Å². The molecule has 1 heterocycles. The van der Waals surface area contributed by atoms with Gasteiger partial charge >= 0.3 is 0 Å². The summed E-state index contributed by atoms with van der Waals surface area (Å²) >= 11 is 0. The maximum atomic E-state index is 13.2. The van der Waals surface area contributed by atoms with Crippen molar-refractivity contribution in [3.05, 3.63) is 35.6 Å². The van der Waals surface area contributed by atoms with Crippen LogP contribution in [0.25, 0.3) is 0 Å². The molecule has 3 unspecified atom stereocenters. The molecular formula is C16H25FN2. The summed E-state index contributed by atoms with van der Waals surface area (Å²) in [6.45, 7) is 6.59. The van der Waals surface area contributed by atoms with E-state index in [0.29, 0.717) is 18.0 Å². The first-order chi connectivity index (χ1) is 9.10. The van der Waals surface area contributed by atoms with Gasteiger partial charge in [0.2, 0.25) is 0 Å². The van der Waals surface area contributed by atoms with Crippen molar-refractivity contribution >= 4 is 0 Å². The molecule has 0 aromatic heterocycles. The van der Waals surface area contributed by atoms with Gasteiger partial charge in [-0.3, -0.25) is 4.90 Å². The summed E-state index contributed by atoms with van der Waals surface area (Å²) in [4.78, 5) is 2.50. The van der Waals surface area contributed by atoms with Crippen LogP contribution in [0.4, 0.5) is 4.39 Å². The summed E-state index contributed by atoms with van der Waals surface area (Å²) in [7, 11) is 0. The van der Waals surface area contributed by atoms with Crippen molar-refractivity contribution in [2.75, 3.05) is 13.1 Å². The van der Waals surface area contributed by atoms with E-state index in [1.54, 1.807) is 12.1 Å². The van der Waals surface area contributed by atoms with Crippen LogP contribution in [0, 0.1) is 11.7 Å². The van der Waals surface area contributed by atoms with Crippen molar-refractivity contribution in [1.82, 2.24) is 4.90 Å². The summed E-state index contributed by atoms with van der Waals surface area (Å²) in [6.07, 6.45) is 3.12. The Kier molecular flexibility index (Phi) is 4.94. The minimum atomic E-state index is -0.142. The van der Waals surface area contributed by atoms with E-state index in [1.807, 2.05) is 6.07 Å². The van der Waals surface area contributed by atoms with Crippen LogP contribution in [0.3, 0.4) is 0 Å². The van der Waals surface area contributed by atoms with Gasteiger partial charge in [0.15, 0.2) is 0 Å². The van der Waals surface area contributed by atoms with Gasteiger partial charge < -0.3 is 5.73 Å². The lowest BCUT2D eigenvalue weighted by Crippen LogP contribution is -2.50. The molecule has 1 aliphatic heterocycles. The third-order valence-corrected chi connectivity index (χ3v) is 4.39. The Labute approximate surface area is 115 Å². The van der Waals surface area contributed by atoms with Crippen LogP contribution in [-0.2, 0) is 6.42 Å². The van der Waals surface area contributed by atoms with E-state index in [4.69, 9.17) is 5.73 Å². The average Bonchev–Trinajstić information content (AvgIpc) is 2.39. The second kappa shape index (κ2) is 6.49. The van der Waals surface area contributed by atoms with Crippen LogP contribution in [-0.4, -0.2) is 30.1 Å². The summed E-state index contributed by atoms with van der Waals surface area (Å²) < 4.78 is 13.2. The zero-order chi connectivity index (χ0) is 13.8. The smallest absolute Gasteiger partial charge is 0.123 e. The molecule has 1 fully saturated rings. The fourth-order valence-corrected chi connectivity index (χ4v) is 3.04. The lowest BCUT2D eigenvalue weighted by Gasteiger charge is -2.40. The molecule has 2 nitrogen and oxygen atoms in total. The number of nitrogens with zero attached hydrogens (tertiary/aromatic N) is 1. The zero-order valence-electron chi connectivity index (χ0n) is 12.0.